The third-order valence-electron chi connectivity index (χ3n) is 3.64. The molecule has 1 fully saturated rings. The van der Waals surface area contributed by atoms with Crippen LogP contribution in [-0.4, -0.2) is 60.8 Å². The zero-order chi connectivity index (χ0) is 14.9. The highest BCUT2D eigenvalue weighted by molar-refractivity contribution is 7.99. The molecule has 1 aromatic heterocycles. The van der Waals surface area contributed by atoms with Crippen LogP contribution < -0.4 is 10.6 Å². The van der Waals surface area contributed by atoms with Gasteiger partial charge in [-0.25, -0.2) is 4.98 Å². The van der Waals surface area contributed by atoms with Crippen molar-refractivity contribution in [2.24, 2.45) is 0 Å². The molecule has 116 valence electrons. The predicted molar refractivity (Wildman–Crippen MR) is 86.5 cm³/mol. The highest BCUT2D eigenvalue weighted by Gasteiger charge is 2.19. The maximum Gasteiger partial charge on any atom is 0.234 e. The van der Waals surface area contributed by atoms with Crippen molar-refractivity contribution in [2.45, 2.75) is 23.9 Å². The first-order chi connectivity index (χ1) is 10.3. The predicted octanol–water partition coefficient (Wildman–Crippen LogP) is 0.974. The van der Waals surface area contributed by atoms with Gasteiger partial charge in [-0.3, -0.25) is 9.69 Å². The second-order valence-corrected chi connectivity index (χ2v) is 6.38. The van der Waals surface area contributed by atoms with Crippen molar-refractivity contribution in [3.8, 4) is 0 Å². The van der Waals surface area contributed by atoms with Gasteiger partial charge in [0.2, 0.25) is 5.91 Å². The number of likely N-dealkylation sites (N-methyl/N-ethyl adjacent to an activating group) is 1. The molecule has 0 radical (unpaired) electrons. The van der Waals surface area contributed by atoms with Crippen LogP contribution in [0, 0.1) is 0 Å². The van der Waals surface area contributed by atoms with Crippen molar-refractivity contribution in [2.75, 3.05) is 39.0 Å². The summed E-state index contributed by atoms with van der Waals surface area (Å²) in [5.41, 5.74) is 0. The molecule has 1 aliphatic heterocycles. The minimum atomic E-state index is 0.109. The van der Waals surface area contributed by atoms with E-state index in [2.05, 4.69) is 20.5 Å². The van der Waals surface area contributed by atoms with Crippen molar-refractivity contribution >= 4 is 17.7 Å². The Morgan fingerprint density at radius 1 is 1.48 bits per heavy atom. The van der Waals surface area contributed by atoms with E-state index in [1.54, 1.807) is 18.0 Å². The molecule has 2 rings (SSSR count). The summed E-state index contributed by atoms with van der Waals surface area (Å²) in [7, 11) is 2.04. The summed E-state index contributed by atoms with van der Waals surface area (Å²) in [6.07, 6.45) is 4.04. The first kappa shape index (κ1) is 16.3. The van der Waals surface area contributed by atoms with Gasteiger partial charge in [-0.15, -0.1) is 11.8 Å². The Hall–Kier alpha value is -1.11. The van der Waals surface area contributed by atoms with Gasteiger partial charge < -0.3 is 10.6 Å². The maximum absolute atomic E-state index is 11.9. The lowest BCUT2D eigenvalue weighted by molar-refractivity contribution is -0.122. The summed E-state index contributed by atoms with van der Waals surface area (Å²) >= 11 is 1.66. The lowest BCUT2D eigenvalue weighted by atomic mass is 10.1. The fourth-order valence-corrected chi connectivity index (χ4v) is 3.16. The molecule has 1 aromatic rings. The van der Waals surface area contributed by atoms with Gasteiger partial charge in [0, 0.05) is 24.5 Å². The minimum absolute atomic E-state index is 0.109. The molecule has 0 atom stereocenters. The average molecular weight is 308 g/mol. The molecular weight excluding hydrogens is 284 g/mol. The number of hydrogen-bond acceptors (Lipinski definition) is 5. The van der Waals surface area contributed by atoms with Crippen molar-refractivity contribution in [1.82, 2.24) is 20.5 Å². The fraction of sp³-hybridized carbons (Fsp3) is 0.600. The molecular formula is C15H24N4OS. The average Bonchev–Trinajstić information content (AvgIpc) is 2.53. The number of piperidine rings is 1. The monoisotopic (exact) mass is 308 g/mol. The number of rotatable bonds is 7. The topological polar surface area (TPSA) is 57.3 Å². The SMILES string of the molecule is CN(CC(=O)NCCSc1ccccn1)C1CCNCC1. The number of carbonyl (C=O) groups is 1. The van der Waals surface area contributed by atoms with Crippen molar-refractivity contribution in [3.05, 3.63) is 24.4 Å². The van der Waals surface area contributed by atoms with E-state index in [0.717, 1.165) is 36.7 Å². The first-order valence-corrected chi connectivity index (χ1v) is 8.46. The van der Waals surface area contributed by atoms with Gasteiger partial charge >= 0.3 is 0 Å². The summed E-state index contributed by atoms with van der Waals surface area (Å²) in [5.74, 6) is 0.956. The molecule has 1 amide bonds. The Balaban J connectivity index is 1.58. The molecule has 1 aliphatic rings. The van der Waals surface area contributed by atoms with Crippen molar-refractivity contribution in [3.63, 3.8) is 0 Å². The van der Waals surface area contributed by atoms with Crippen LogP contribution in [0.15, 0.2) is 29.4 Å². The summed E-state index contributed by atoms with van der Waals surface area (Å²) in [4.78, 5) is 18.3. The van der Waals surface area contributed by atoms with E-state index in [1.807, 2.05) is 25.2 Å². The Kier molecular flexibility index (Phi) is 6.99. The van der Waals surface area contributed by atoms with Gasteiger partial charge in [0.15, 0.2) is 0 Å². The summed E-state index contributed by atoms with van der Waals surface area (Å²) in [5, 5.41) is 7.32. The summed E-state index contributed by atoms with van der Waals surface area (Å²) in [6, 6.07) is 6.39. The van der Waals surface area contributed by atoms with Crippen LogP contribution in [0.1, 0.15) is 12.8 Å². The van der Waals surface area contributed by atoms with Crippen LogP contribution in [0.25, 0.3) is 0 Å². The van der Waals surface area contributed by atoms with Gasteiger partial charge in [-0.1, -0.05) is 6.07 Å². The minimum Gasteiger partial charge on any atom is -0.354 e. The molecule has 1 saturated heterocycles. The molecule has 0 unspecified atom stereocenters. The number of carbonyl (C=O) groups excluding carboxylic acids is 1. The lowest BCUT2D eigenvalue weighted by Crippen LogP contribution is -2.45. The highest BCUT2D eigenvalue weighted by atomic mass is 32.2. The fourth-order valence-electron chi connectivity index (χ4n) is 2.44. The quantitative estimate of drug-likeness (QED) is 0.581. The largest absolute Gasteiger partial charge is 0.354 e. The van der Waals surface area contributed by atoms with E-state index in [0.29, 0.717) is 19.1 Å². The smallest absolute Gasteiger partial charge is 0.234 e. The van der Waals surface area contributed by atoms with Crippen molar-refractivity contribution in [1.29, 1.82) is 0 Å². The second kappa shape index (κ2) is 9.02. The summed E-state index contributed by atoms with van der Waals surface area (Å²) < 4.78 is 0. The zero-order valence-electron chi connectivity index (χ0n) is 12.5. The number of thioether (sulfide) groups is 1. The van der Waals surface area contributed by atoms with E-state index in [-0.39, 0.29) is 5.91 Å². The molecule has 0 spiro atoms. The third kappa shape index (κ3) is 6.03. The van der Waals surface area contributed by atoms with Crippen LogP contribution in [0.3, 0.4) is 0 Å². The van der Waals surface area contributed by atoms with Crippen LogP contribution in [-0.2, 0) is 4.79 Å². The molecule has 5 nitrogen and oxygen atoms in total. The van der Waals surface area contributed by atoms with Crippen LogP contribution >= 0.6 is 11.8 Å². The van der Waals surface area contributed by atoms with Gasteiger partial charge in [0.1, 0.15) is 0 Å². The number of amides is 1. The van der Waals surface area contributed by atoms with E-state index in [1.165, 1.54) is 0 Å². The van der Waals surface area contributed by atoms with E-state index in [4.69, 9.17) is 0 Å². The van der Waals surface area contributed by atoms with Gasteiger partial charge in [-0.2, -0.15) is 0 Å². The number of nitrogens with zero attached hydrogens (tertiary/aromatic N) is 2. The van der Waals surface area contributed by atoms with Gasteiger partial charge in [0.05, 0.1) is 11.6 Å². The van der Waals surface area contributed by atoms with E-state index >= 15 is 0 Å². The first-order valence-electron chi connectivity index (χ1n) is 7.47. The standard InChI is InChI=1S/C15H24N4OS/c1-19(13-5-8-16-9-6-13)12-14(20)17-10-11-21-15-4-2-3-7-18-15/h2-4,7,13,16H,5-6,8-12H2,1H3,(H,17,20). The molecule has 0 aliphatic carbocycles. The number of pyridine rings is 1. The lowest BCUT2D eigenvalue weighted by Gasteiger charge is -2.31. The van der Waals surface area contributed by atoms with Crippen LogP contribution in [0.2, 0.25) is 0 Å². The second-order valence-electron chi connectivity index (χ2n) is 5.26. The molecule has 6 heteroatoms. The van der Waals surface area contributed by atoms with Crippen molar-refractivity contribution < 1.29 is 4.79 Å². The molecule has 0 aromatic carbocycles. The Labute approximate surface area is 130 Å². The molecule has 2 N–H and O–H groups in total. The number of nitrogens with one attached hydrogen (secondary N) is 2. The number of aromatic nitrogens is 1. The third-order valence-corrected chi connectivity index (χ3v) is 4.58. The summed E-state index contributed by atoms with van der Waals surface area (Å²) in [6.45, 7) is 3.27. The van der Waals surface area contributed by atoms with E-state index in [9.17, 15) is 4.79 Å². The van der Waals surface area contributed by atoms with Crippen LogP contribution in [0.4, 0.5) is 0 Å². The normalized spacial score (nSPS) is 16.1. The van der Waals surface area contributed by atoms with Crippen LogP contribution in [0.5, 0.6) is 0 Å². The number of hydrogen-bond donors (Lipinski definition) is 2. The molecule has 21 heavy (non-hydrogen) atoms. The Morgan fingerprint density at radius 2 is 2.29 bits per heavy atom. The Bertz CT molecular complexity index is 423. The molecule has 0 bridgehead atoms. The van der Waals surface area contributed by atoms with Gasteiger partial charge in [-0.05, 0) is 45.1 Å². The molecule has 2 heterocycles. The Morgan fingerprint density at radius 3 is 3.00 bits per heavy atom. The highest BCUT2D eigenvalue weighted by Crippen LogP contribution is 2.12. The molecule has 0 saturated carbocycles. The van der Waals surface area contributed by atoms with Gasteiger partial charge in [0.25, 0.3) is 0 Å². The maximum atomic E-state index is 11.9. The zero-order valence-corrected chi connectivity index (χ0v) is 13.4. The van der Waals surface area contributed by atoms with E-state index < -0.39 is 0 Å².